The number of hydrogen-bond acceptors (Lipinski definition) is 3. The van der Waals surface area contributed by atoms with E-state index in [0.29, 0.717) is 5.82 Å². The van der Waals surface area contributed by atoms with E-state index >= 15 is 0 Å². The molecule has 0 saturated heterocycles. The largest absolute Gasteiger partial charge is 0.444 e. The van der Waals surface area contributed by atoms with Gasteiger partial charge in [0, 0.05) is 13.1 Å². The Bertz CT molecular complexity index is 534. The number of rotatable bonds is 3. The Morgan fingerprint density at radius 3 is 2.72 bits per heavy atom. The summed E-state index contributed by atoms with van der Waals surface area (Å²) in [5.74, 6) is 0.616. The lowest BCUT2D eigenvalue weighted by molar-refractivity contribution is 0.155. The number of aromatic nitrogens is 2. The lowest BCUT2D eigenvalue weighted by atomic mass is 10.2. The van der Waals surface area contributed by atoms with Gasteiger partial charge in [0.1, 0.15) is 12.4 Å². The van der Waals surface area contributed by atoms with Crippen molar-refractivity contribution in [3.8, 4) is 0 Å². The third-order valence-electron chi connectivity index (χ3n) is 2.44. The summed E-state index contributed by atoms with van der Waals surface area (Å²) in [5.41, 5.74) is 1.80. The minimum Gasteiger partial charge on any atom is -0.444 e. The maximum atomic E-state index is 11.6. The predicted molar refractivity (Wildman–Crippen MR) is 68.2 cm³/mol. The van der Waals surface area contributed by atoms with E-state index in [1.54, 1.807) is 17.8 Å². The van der Waals surface area contributed by atoms with Crippen LogP contribution in [0.2, 0.25) is 0 Å². The molecule has 1 heterocycles. The van der Waals surface area contributed by atoms with Crippen molar-refractivity contribution < 1.29 is 9.53 Å². The van der Waals surface area contributed by atoms with Crippen LogP contribution in [0.15, 0.2) is 36.4 Å². The average Bonchev–Trinajstić information content (AvgIpc) is 2.67. The Hall–Kier alpha value is -2.30. The zero-order valence-electron chi connectivity index (χ0n) is 10.4. The lowest BCUT2D eigenvalue weighted by Crippen LogP contribution is -2.15. The number of ether oxygens (including phenoxy) is 1. The van der Waals surface area contributed by atoms with E-state index in [-0.39, 0.29) is 6.61 Å². The summed E-state index contributed by atoms with van der Waals surface area (Å²) in [4.78, 5) is 11.6. The van der Waals surface area contributed by atoms with Gasteiger partial charge in [-0.2, -0.15) is 5.10 Å². The van der Waals surface area contributed by atoms with Gasteiger partial charge in [-0.05, 0) is 12.5 Å². The molecule has 5 nitrogen and oxygen atoms in total. The van der Waals surface area contributed by atoms with E-state index in [0.717, 1.165) is 11.3 Å². The molecule has 0 spiro atoms. The predicted octanol–water partition coefficient (Wildman–Crippen LogP) is 2.48. The fourth-order valence-electron chi connectivity index (χ4n) is 1.59. The van der Waals surface area contributed by atoms with Crippen molar-refractivity contribution in [3.05, 3.63) is 47.7 Å². The van der Waals surface area contributed by atoms with Crippen LogP contribution < -0.4 is 5.32 Å². The first-order valence-electron chi connectivity index (χ1n) is 5.63. The second-order valence-corrected chi connectivity index (χ2v) is 3.98. The molecule has 2 rings (SSSR count). The van der Waals surface area contributed by atoms with Gasteiger partial charge in [-0.1, -0.05) is 30.3 Å². The molecule has 0 atom stereocenters. The van der Waals surface area contributed by atoms with Gasteiger partial charge in [0.25, 0.3) is 0 Å². The molecular formula is C13H15N3O2. The average molecular weight is 245 g/mol. The molecule has 1 aromatic heterocycles. The summed E-state index contributed by atoms with van der Waals surface area (Å²) in [6.45, 7) is 2.12. The first-order valence-corrected chi connectivity index (χ1v) is 5.63. The highest BCUT2D eigenvalue weighted by atomic mass is 16.5. The topological polar surface area (TPSA) is 56.1 Å². The quantitative estimate of drug-likeness (QED) is 0.903. The van der Waals surface area contributed by atoms with Crippen LogP contribution in [0.4, 0.5) is 10.6 Å². The standard InChI is InChI=1S/C13H15N3O2/c1-10-8-12(16(2)15-10)14-13(17)18-9-11-6-4-3-5-7-11/h3-8H,9H2,1-2H3,(H,14,17). The van der Waals surface area contributed by atoms with Gasteiger partial charge in [-0.3, -0.25) is 10.00 Å². The van der Waals surface area contributed by atoms with E-state index < -0.39 is 6.09 Å². The van der Waals surface area contributed by atoms with Crippen molar-refractivity contribution >= 4 is 11.9 Å². The van der Waals surface area contributed by atoms with Crippen LogP contribution in [-0.2, 0) is 18.4 Å². The third-order valence-corrected chi connectivity index (χ3v) is 2.44. The molecule has 0 radical (unpaired) electrons. The van der Waals surface area contributed by atoms with Crippen molar-refractivity contribution in [3.63, 3.8) is 0 Å². The SMILES string of the molecule is Cc1cc(NC(=O)OCc2ccccc2)n(C)n1. The highest BCUT2D eigenvalue weighted by Gasteiger charge is 2.07. The summed E-state index contributed by atoms with van der Waals surface area (Å²) in [7, 11) is 1.76. The number of amides is 1. The molecule has 0 fully saturated rings. The Morgan fingerprint density at radius 1 is 1.39 bits per heavy atom. The van der Waals surface area contributed by atoms with E-state index in [1.165, 1.54) is 0 Å². The number of aryl methyl sites for hydroxylation is 2. The van der Waals surface area contributed by atoms with Gasteiger partial charge in [-0.15, -0.1) is 0 Å². The molecule has 1 N–H and O–H groups in total. The van der Waals surface area contributed by atoms with Crippen molar-refractivity contribution in [2.45, 2.75) is 13.5 Å². The van der Waals surface area contributed by atoms with Gasteiger partial charge in [0.05, 0.1) is 5.69 Å². The number of hydrogen-bond donors (Lipinski definition) is 1. The molecule has 18 heavy (non-hydrogen) atoms. The molecule has 5 heteroatoms. The van der Waals surface area contributed by atoms with E-state index in [2.05, 4.69) is 10.4 Å². The Balaban J connectivity index is 1.88. The summed E-state index contributed by atoms with van der Waals surface area (Å²) in [6.07, 6.45) is -0.484. The molecule has 94 valence electrons. The Morgan fingerprint density at radius 2 is 2.11 bits per heavy atom. The van der Waals surface area contributed by atoms with Gasteiger partial charge < -0.3 is 4.74 Å². The monoisotopic (exact) mass is 245 g/mol. The molecule has 0 aliphatic heterocycles. The first-order chi connectivity index (χ1) is 8.65. The molecular weight excluding hydrogens is 230 g/mol. The molecule has 0 aliphatic rings. The molecule has 1 aromatic carbocycles. The van der Waals surface area contributed by atoms with Crippen LogP contribution in [-0.4, -0.2) is 15.9 Å². The number of carbonyl (C=O) groups excluding carboxylic acids is 1. The number of nitrogens with one attached hydrogen (secondary N) is 1. The first kappa shape index (κ1) is 12.2. The van der Waals surface area contributed by atoms with E-state index in [1.807, 2.05) is 37.3 Å². The fourth-order valence-corrected chi connectivity index (χ4v) is 1.59. The smallest absolute Gasteiger partial charge is 0.413 e. The van der Waals surface area contributed by atoms with Crippen molar-refractivity contribution in [1.82, 2.24) is 9.78 Å². The lowest BCUT2D eigenvalue weighted by Gasteiger charge is -2.06. The number of anilines is 1. The normalized spacial score (nSPS) is 10.1. The molecule has 0 saturated carbocycles. The number of carbonyl (C=O) groups is 1. The minimum absolute atomic E-state index is 0.253. The zero-order chi connectivity index (χ0) is 13.0. The summed E-state index contributed by atoms with van der Waals surface area (Å²) in [5, 5.41) is 6.77. The maximum Gasteiger partial charge on any atom is 0.413 e. The van der Waals surface area contributed by atoms with E-state index in [9.17, 15) is 4.79 Å². The van der Waals surface area contributed by atoms with Crippen LogP contribution in [0.5, 0.6) is 0 Å². The van der Waals surface area contributed by atoms with Gasteiger partial charge >= 0.3 is 6.09 Å². The van der Waals surface area contributed by atoms with Crippen molar-refractivity contribution in [2.75, 3.05) is 5.32 Å². The van der Waals surface area contributed by atoms with Crippen LogP contribution in [0, 0.1) is 6.92 Å². The number of benzene rings is 1. The third kappa shape index (κ3) is 3.10. The summed E-state index contributed by atoms with van der Waals surface area (Å²) in [6, 6.07) is 11.3. The summed E-state index contributed by atoms with van der Waals surface area (Å²) < 4.78 is 6.70. The molecule has 0 unspecified atom stereocenters. The molecule has 0 bridgehead atoms. The Kier molecular flexibility index (Phi) is 3.62. The highest BCUT2D eigenvalue weighted by Crippen LogP contribution is 2.09. The van der Waals surface area contributed by atoms with Gasteiger partial charge in [-0.25, -0.2) is 4.79 Å². The van der Waals surface area contributed by atoms with Gasteiger partial charge in [0.2, 0.25) is 0 Å². The van der Waals surface area contributed by atoms with Crippen LogP contribution in [0.25, 0.3) is 0 Å². The molecule has 2 aromatic rings. The molecule has 1 amide bonds. The fraction of sp³-hybridized carbons (Fsp3) is 0.231. The molecule has 0 aliphatic carbocycles. The second kappa shape index (κ2) is 5.35. The van der Waals surface area contributed by atoms with Crippen LogP contribution in [0.3, 0.4) is 0 Å². The maximum absolute atomic E-state index is 11.6. The van der Waals surface area contributed by atoms with Crippen LogP contribution >= 0.6 is 0 Å². The van der Waals surface area contributed by atoms with Crippen LogP contribution in [0.1, 0.15) is 11.3 Å². The summed E-state index contributed by atoms with van der Waals surface area (Å²) >= 11 is 0. The van der Waals surface area contributed by atoms with Crippen molar-refractivity contribution in [1.29, 1.82) is 0 Å². The minimum atomic E-state index is -0.484. The second-order valence-electron chi connectivity index (χ2n) is 3.98. The number of nitrogens with zero attached hydrogens (tertiary/aromatic N) is 2. The van der Waals surface area contributed by atoms with Crippen molar-refractivity contribution in [2.24, 2.45) is 7.05 Å². The highest BCUT2D eigenvalue weighted by molar-refractivity contribution is 5.83. The zero-order valence-corrected chi connectivity index (χ0v) is 10.4. The van der Waals surface area contributed by atoms with E-state index in [4.69, 9.17) is 4.74 Å². The Labute approximate surface area is 105 Å². The van der Waals surface area contributed by atoms with Gasteiger partial charge in [0.15, 0.2) is 0 Å².